The van der Waals surface area contributed by atoms with Crippen LogP contribution < -0.4 is 5.73 Å². The number of nitrogens with two attached hydrogens (primary N) is 1. The van der Waals surface area contributed by atoms with E-state index in [9.17, 15) is 4.79 Å². The summed E-state index contributed by atoms with van der Waals surface area (Å²) in [5.74, 6) is -0.371. The van der Waals surface area contributed by atoms with Crippen molar-refractivity contribution in [3.8, 4) is 0 Å². The number of carbonyl (C=O) groups excluding carboxylic acids is 1. The molecule has 0 unspecified atom stereocenters. The summed E-state index contributed by atoms with van der Waals surface area (Å²) in [7, 11) is 0. The molecule has 0 fully saturated rings. The van der Waals surface area contributed by atoms with Crippen LogP contribution in [0.3, 0.4) is 0 Å². The van der Waals surface area contributed by atoms with E-state index < -0.39 is 0 Å². The lowest BCUT2D eigenvalue weighted by Crippen LogP contribution is -2.15. The lowest BCUT2D eigenvalue weighted by molar-refractivity contribution is 0.0999. The molecule has 94 valence electrons. The van der Waals surface area contributed by atoms with E-state index in [1.807, 2.05) is 18.2 Å². The fourth-order valence-corrected chi connectivity index (χ4v) is 2.17. The molecule has 2 rings (SSSR count). The standard InChI is InChI=1S/C15H18N2O/c1-10-8-17(12(3)11(10)2)9-13-6-4-5-7-14(13)15(16)18/h4-8H,9H2,1-3H3,(H2,16,18). The van der Waals surface area contributed by atoms with Crippen LogP contribution in [0.2, 0.25) is 0 Å². The van der Waals surface area contributed by atoms with Crippen molar-refractivity contribution in [2.45, 2.75) is 27.3 Å². The van der Waals surface area contributed by atoms with E-state index >= 15 is 0 Å². The van der Waals surface area contributed by atoms with Gasteiger partial charge in [-0.25, -0.2) is 0 Å². The Labute approximate surface area is 107 Å². The fourth-order valence-electron chi connectivity index (χ4n) is 2.17. The Bertz CT molecular complexity index is 597. The van der Waals surface area contributed by atoms with Crippen LogP contribution in [0, 0.1) is 20.8 Å². The van der Waals surface area contributed by atoms with Crippen molar-refractivity contribution in [2.75, 3.05) is 0 Å². The van der Waals surface area contributed by atoms with Crippen molar-refractivity contribution in [2.24, 2.45) is 5.73 Å². The molecule has 3 heteroatoms. The molecule has 0 radical (unpaired) electrons. The number of amides is 1. The second-order valence-electron chi connectivity index (χ2n) is 4.67. The summed E-state index contributed by atoms with van der Waals surface area (Å²) >= 11 is 0. The quantitative estimate of drug-likeness (QED) is 0.883. The van der Waals surface area contributed by atoms with Crippen molar-refractivity contribution in [1.29, 1.82) is 0 Å². The Hall–Kier alpha value is -2.03. The second kappa shape index (κ2) is 4.69. The highest BCUT2D eigenvalue weighted by atomic mass is 16.1. The van der Waals surface area contributed by atoms with Gasteiger partial charge in [-0.1, -0.05) is 18.2 Å². The van der Waals surface area contributed by atoms with E-state index in [1.165, 1.54) is 16.8 Å². The first-order valence-electron chi connectivity index (χ1n) is 6.01. The largest absolute Gasteiger partial charge is 0.366 e. The third-order valence-electron chi connectivity index (χ3n) is 3.54. The Balaban J connectivity index is 2.40. The number of rotatable bonds is 3. The van der Waals surface area contributed by atoms with Gasteiger partial charge in [0.2, 0.25) is 5.91 Å². The monoisotopic (exact) mass is 242 g/mol. The number of primary amides is 1. The molecule has 1 amide bonds. The molecule has 1 aromatic carbocycles. The summed E-state index contributed by atoms with van der Waals surface area (Å²) in [6, 6.07) is 7.49. The molecule has 0 bridgehead atoms. The summed E-state index contributed by atoms with van der Waals surface area (Å²) in [6.45, 7) is 6.98. The van der Waals surface area contributed by atoms with Gasteiger partial charge < -0.3 is 10.3 Å². The number of carbonyl (C=O) groups is 1. The van der Waals surface area contributed by atoms with Crippen LogP contribution in [0.25, 0.3) is 0 Å². The number of aromatic nitrogens is 1. The predicted octanol–water partition coefficient (Wildman–Crippen LogP) is 2.56. The number of nitrogens with zero attached hydrogens (tertiary/aromatic N) is 1. The molecule has 0 aliphatic heterocycles. The van der Waals surface area contributed by atoms with Gasteiger partial charge in [-0.2, -0.15) is 0 Å². The van der Waals surface area contributed by atoms with Gasteiger partial charge in [-0.05, 0) is 43.5 Å². The van der Waals surface area contributed by atoms with E-state index in [1.54, 1.807) is 6.07 Å². The smallest absolute Gasteiger partial charge is 0.249 e. The highest BCUT2D eigenvalue weighted by molar-refractivity contribution is 5.94. The van der Waals surface area contributed by atoms with Gasteiger partial charge in [-0.15, -0.1) is 0 Å². The second-order valence-corrected chi connectivity index (χ2v) is 4.67. The molecule has 0 atom stereocenters. The molecule has 1 aromatic heterocycles. The maximum absolute atomic E-state index is 11.4. The summed E-state index contributed by atoms with van der Waals surface area (Å²) in [5.41, 5.74) is 10.7. The number of hydrogen-bond acceptors (Lipinski definition) is 1. The maximum atomic E-state index is 11.4. The highest BCUT2D eigenvalue weighted by Crippen LogP contribution is 2.18. The number of benzene rings is 1. The molecule has 1 heterocycles. The van der Waals surface area contributed by atoms with E-state index in [4.69, 9.17) is 5.73 Å². The Morgan fingerprint density at radius 3 is 2.44 bits per heavy atom. The molecule has 2 aromatic rings. The molecule has 0 spiro atoms. The lowest BCUT2D eigenvalue weighted by Gasteiger charge is -2.10. The van der Waals surface area contributed by atoms with Crippen LogP contribution in [-0.4, -0.2) is 10.5 Å². The van der Waals surface area contributed by atoms with E-state index in [0.717, 1.165) is 5.56 Å². The average Bonchev–Trinajstić information content (AvgIpc) is 2.57. The molecule has 0 saturated carbocycles. The zero-order valence-electron chi connectivity index (χ0n) is 11.0. The zero-order chi connectivity index (χ0) is 13.3. The lowest BCUT2D eigenvalue weighted by atomic mass is 10.1. The van der Waals surface area contributed by atoms with Crippen molar-refractivity contribution in [3.05, 3.63) is 58.4 Å². The maximum Gasteiger partial charge on any atom is 0.249 e. The summed E-state index contributed by atoms with van der Waals surface area (Å²) in [6.07, 6.45) is 2.11. The van der Waals surface area contributed by atoms with Crippen molar-refractivity contribution < 1.29 is 4.79 Å². The minimum Gasteiger partial charge on any atom is -0.366 e. The van der Waals surface area contributed by atoms with Gasteiger partial charge in [0.25, 0.3) is 0 Å². The van der Waals surface area contributed by atoms with Gasteiger partial charge in [-0.3, -0.25) is 4.79 Å². The topological polar surface area (TPSA) is 48.0 Å². The van der Waals surface area contributed by atoms with Crippen LogP contribution in [-0.2, 0) is 6.54 Å². The van der Waals surface area contributed by atoms with E-state index in [2.05, 4.69) is 31.5 Å². The molecule has 0 aliphatic rings. The average molecular weight is 242 g/mol. The summed E-state index contributed by atoms with van der Waals surface area (Å²) in [5, 5.41) is 0. The first-order chi connectivity index (χ1) is 8.50. The number of aryl methyl sites for hydroxylation is 1. The molecule has 3 nitrogen and oxygen atoms in total. The van der Waals surface area contributed by atoms with Gasteiger partial charge in [0.1, 0.15) is 0 Å². The highest BCUT2D eigenvalue weighted by Gasteiger charge is 2.10. The number of hydrogen-bond donors (Lipinski definition) is 1. The molecular weight excluding hydrogens is 224 g/mol. The van der Waals surface area contributed by atoms with Crippen LogP contribution in [0.4, 0.5) is 0 Å². The molecular formula is C15H18N2O. The van der Waals surface area contributed by atoms with Crippen LogP contribution in [0.5, 0.6) is 0 Å². The van der Waals surface area contributed by atoms with Crippen molar-refractivity contribution in [1.82, 2.24) is 4.57 Å². The minimum absolute atomic E-state index is 0.371. The molecule has 0 aliphatic carbocycles. The van der Waals surface area contributed by atoms with Crippen LogP contribution in [0.1, 0.15) is 32.7 Å². The fraction of sp³-hybridized carbons (Fsp3) is 0.267. The predicted molar refractivity (Wildman–Crippen MR) is 72.7 cm³/mol. The summed E-state index contributed by atoms with van der Waals surface area (Å²) < 4.78 is 2.16. The molecule has 2 N–H and O–H groups in total. The van der Waals surface area contributed by atoms with Gasteiger partial charge in [0.15, 0.2) is 0 Å². The third-order valence-corrected chi connectivity index (χ3v) is 3.54. The van der Waals surface area contributed by atoms with E-state index in [0.29, 0.717) is 12.1 Å². The Kier molecular flexibility index (Phi) is 3.24. The van der Waals surface area contributed by atoms with Gasteiger partial charge in [0, 0.05) is 24.0 Å². The van der Waals surface area contributed by atoms with Crippen LogP contribution in [0.15, 0.2) is 30.5 Å². The minimum atomic E-state index is -0.371. The van der Waals surface area contributed by atoms with Crippen molar-refractivity contribution >= 4 is 5.91 Å². The Morgan fingerprint density at radius 2 is 1.89 bits per heavy atom. The SMILES string of the molecule is Cc1cn(Cc2ccccc2C(N)=O)c(C)c1C. The Morgan fingerprint density at radius 1 is 1.22 bits per heavy atom. The zero-order valence-corrected chi connectivity index (χ0v) is 11.0. The van der Waals surface area contributed by atoms with Crippen molar-refractivity contribution in [3.63, 3.8) is 0 Å². The first kappa shape index (κ1) is 12.4. The van der Waals surface area contributed by atoms with Gasteiger partial charge >= 0.3 is 0 Å². The third kappa shape index (κ3) is 2.16. The molecule has 0 saturated heterocycles. The van der Waals surface area contributed by atoms with Gasteiger partial charge in [0.05, 0.1) is 0 Å². The normalized spacial score (nSPS) is 10.6. The summed E-state index contributed by atoms with van der Waals surface area (Å²) in [4.78, 5) is 11.4. The van der Waals surface area contributed by atoms with Crippen LogP contribution >= 0.6 is 0 Å². The van der Waals surface area contributed by atoms with E-state index in [-0.39, 0.29) is 5.91 Å². The molecule has 18 heavy (non-hydrogen) atoms. The first-order valence-corrected chi connectivity index (χ1v) is 6.01.